The molecule has 0 saturated carbocycles. The van der Waals surface area contributed by atoms with Gasteiger partial charge in [0, 0.05) is 6.54 Å². The lowest BCUT2D eigenvalue weighted by molar-refractivity contribution is 0.314. The second-order valence-corrected chi connectivity index (χ2v) is 22.6. The number of benzene rings is 2. The minimum absolute atomic E-state index is 0.00347. The van der Waals surface area contributed by atoms with Crippen molar-refractivity contribution in [1.29, 1.82) is 0 Å². The number of aromatic nitrogens is 3. The first-order chi connectivity index (χ1) is 25.5. The Balaban J connectivity index is 2.06. The van der Waals surface area contributed by atoms with Crippen molar-refractivity contribution in [2.75, 3.05) is 0 Å². The van der Waals surface area contributed by atoms with E-state index in [1.54, 1.807) is 0 Å². The number of aromatic hydroxyl groups is 2. The molecule has 9 nitrogen and oxygen atoms in total. The van der Waals surface area contributed by atoms with E-state index in [4.69, 9.17) is 0 Å². The molecular weight excluding hydrogens is 715 g/mol. The molecule has 2 aromatic carbocycles. The quantitative estimate of drug-likeness (QED) is 0.229. The van der Waals surface area contributed by atoms with Gasteiger partial charge < -0.3 is 15.3 Å². The van der Waals surface area contributed by atoms with Crippen LogP contribution in [-0.4, -0.2) is 29.0 Å². The molecule has 314 valence electrons. The largest absolute Gasteiger partial charge is 0.508 e. The van der Waals surface area contributed by atoms with Crippen LogP contribution in [0.4, 0.5) is 0 Å². The maximum Gasteiger partial charge on any atom is 0.336 e. The molecule has 0 bridgehead atoms. The van der Waals surface area contributed by atoms with Crippen molar-refractivity contribution in [3.63, 3.8) is 0 Å². The second kappa shape index (κ2) is 14.8. The van der Waals surface area contributed by atoms with E-state index in [2.05, 4.69) is 0 Å². The Morgan fingerprint density at radius 3 is 1.09 bits per heavy atom. The van der Waals surface area contributed by atoms with Crippen molar-refractivity contribution in [3.05, 3.63) is 112 Å². The lowest BCUT2D eigenvalue weighted by atomic mass is 9.71. The van der Waals surface area contributed by atoms with Gasteiger partial charge in [0.05, 0.1) is 13.1 Å². The van der Waals surface area contributed by atoms with Crippen LogP contribution in [0.15, 0.2) is 61.6 Å². The van der Waals surface area contributed by atoms with Crippen molar-refractivity contribution in [1.82, 2.24) is 13.7 Å². The van der Waals surface area contributed by atoms with E-state index in [0.29, 0.717) is 39.8 Å². The van der Waals surface area contributed by atoms with E-state index in [9.17, 15) is 29.7 Å². The maximum atomic E-state index is 14.7. The Morgan fingerprint density at radius 2 is 0.807 bits per heavy atom. The van der Waals surface area contributed by atoms with Crippen LogP contribution in [0.25, 0.3) is 0 Å². The summed E-state index contributed by atoms with van der Waals surface area (Å²) in [7, 11) is 0. The monoisotopic (exact) mass is 786 g/mol. The fraction of sp³-hybridized carbons (Fsp3) is 0.604. The van der Waals surface area contributed by atoms with Crippen LogP contribution in [0.5, 0.6) is 11.5 Å². The zero-order chi connectivity index (χ0) is 43.8. The highest BCUT2D eigenvalue weighted by molar-refractivity contribution is 5.51. The average molecular weight is 786 g/mol. The van der Waals surface area contributed by atoms with Gasteiger partial charge in [-0.05, 0) is 114 Å². The van der Waals surface area contributed by atoms with E-state index in [1.165, 1.54) is 4.57 Å². The van der Waals surface area contributed by atoms with Gasteiger partial charge in [0.1, 0.15) is 17.3 Å². The maximum absolute atomic E-state index is 14.7. The van der Waals surface area contributed by atoms with Gasteiger partial charge in [-0.3, -0.25) is 0 Å². The predicted octanol–water partition coefficient (Wildman–Crippen LogP) is 9.72. The average Bonchev–Trinajstić information content (AvgIpc) is 3.02. The van der Waals surface area contributed by atoms with Crippen molar-refractivity contribution in [3.8, 4) is 11.5 Å². The lowest BCUT2D eigenvalue weighted by Crippen LogP contribution is -2.55. The van der Waals surface area contributed by atoms with Gasteiger partial charge in [0.2, 0.25) is 0 Å². The minimum Gasteiger partial charge on any atom is -0.508 e. The van der Waals surface area contributed by atoms with E-state index in [1.807, 2.05) is 155 Å². The minimum atomic E-state index is -0.742. The number of aliphatic hydroxyl groups excluding tert-OH is 1. The van der Waals surface area contributed by atoms with Crippen LogP contribution in [0.3, 0.4) is 0 Å². The van der Waals surface area contributed by atoms with Crippen LogP contribution in [0.2, 0.25) is 0 Å². The molecule has 0 aliphatic heterocycles. The molecule has 4 rings (SSSR count). The summed E-state index contributed by atoms with van der Waals surface area (Å²) in [6.07, 6.45) is 2.41. The Hall–Kier alpha value is -4.27. The third kappa shape index (κ3) is 9.55. The highest BCUT2D eigenvalue weighted by Crippen LogP contribution is 2.45. The first-order valence-electron chi connectivity index (χ1n) is 20.4. The molecule has 1 heterocycles. The number of hydrogen-bond acceptors (Lipinski definition) is 6. The van der Waals surface area contributed by atoms with Crippen LogP contribution < -0.4 is 17.1 Å². The third-order valence-corrected chi connectivity index (χ3v) is 11.2. The van der Waals surface area contributed by atoms with Gasteiger partial charge in [-0.1, -0.05) is 131 Å². The van der Waals surface area contributed by atoms with Crippen LogP contribution in [-0.2, 0) is 41.3 Å². The summed E-state index contributed by atoms with van der Waals surface area (Å²) in [5.74, 6) is 0.315. The van der Waals surface area contributed by atoms with Gasteiger partial charge in [-0.15, -0.1) is 0 Å². The number of phenolic OH excluding ortho intramolecular Hbond substituents is 2. The number of phenols is 2. The Bertz CT molecular complexity index is 2100. The van der Waals surface area contributed by atoms with Crippen molar-refractivity contribution in [2.24, 2.45) is 16.7 Å². The first kappa shape index (κ1) is 45.4. The molecule has 0 spiro atoms. The normalized spacial score (nSPS) is 16.3. The fourth-order valence-electron chi connectivity index (χ4n) is 7.85. The smallest absolute Gasteiger partial charge is 0.336 e. The number of hydrogen-bond donors (Lipinski definition) is 3. The summed E-state index contributed by atoms with van der Waals surface area (Å²) in [6, 6.07) is 7.41. The zero-order valence-electron chi connectivity index (χ0n) is 38.2. The van der Waals surface area contributed by atoms with Gasteiger partial charge >= 0.3 is 17.1 Å². The number of aliphatic hydroxyl groups is 1. The molecular formula is C48H71N3O6. The molecule has 57 heavy (non-hydrogen) atoms. The molecule has 0 amide bonds. The van der Waals surface area contributed by atoms with Gasteiger partial charge in [0.15, 0.2) is 0 Å². The molecule has 1 atom stereocenters. The fourth-order valence-corrected chi connectivity index (χ4v) is 7.85. The highest BCUT2D eigenvalue weighted by atomic mass is 16.3. The van der Waals surface area contributed by atoms with E-state index in [-0.39, 0.29) is 48.2 Å². The lowest BCUT2D eigenvalue weighted by Gasteiger charge is -2.36. The van der Waals surface area contributed by atoms with Crippen molar-refractivity contribution in [2.45, 2.75) is 172 Å². The van der Waals surface area contributed by atoms with Gasteiger partial charge in [-0.25, -0.2) is 28.1 Å². The van der Waals surface area contributed by atoms with Gasteiger partial charge in [-0.2, -0.15) is 0 Å². The highest BCUT2D eigenvalue weighted by Gasteiger charge is 2.35. The predicted molar refractivity (Wildman–Crippen MR) is 233 cm³/mol. The summed E-state index contributed by atoms with van der Waals surface area (Å²) in [5, 5.41) is 34.4. The summed E-state index contributed by atoms with van der Waals surface area (Å²) >= 11 is 0. The topological polar surface area (TPSA) is 127 Å². The molecule has 1 aliphatic rings. The van der Waals surface area contributed by atoms with Crippen molar-refractivity contribution >= 4 is 0 Å². The van der Waals surface area contributed by atoms with Crippen LogP contribution >= 0.6 is 0 Å². The van der Waals surface area contributed by atoms with Crippen molar-refractivity contribution < 1.29 is 15.3 Å². The van der Waals surface area contributed by atoms with Crippen LogP contribution in [0, 0.1) is 16.7 Å². The molecule has 3 N–H and O–H groups in total. The van der Waals surface area contributed by atoms with Gasteiger partial charge in [0.25, 0.3) is 0 Å². The first-order valence-corrected chi connectivity index (χ1v) is 20.4. The SMILES string of the molecule is CC(C)(C)C1=CC(Cn2c(=O)n(Cc3cc(C(C)(C)C)c(O)c(C(C)(C)C)c3)c(=O)n(Cc3cc(C(C)(C)C)c(O)c(C(C)(C)C)c3)c2=O)CC(C(C)(C)C)=C1O. The summed E-state index contributed by atoms with van der Waals surface area (Å²) in [6.45, 7) is 36.1. The standard InChI is InChI=1S/C48H71N3O6/c1-43(2,3)31-19-28(20-32(37(31)52)44(4,5)6)25-49-40(55)50(26-29-21-33(45(7,8)9)38(53)34(22-29)46(10,11)12)42(57)51(41(49)56)27-30-23-35(47(13,14)15)39(54)36(24-30)48(16,17)18/h19-23,30,52-54H,24-27H2,1-18H3. The third-order valence-electron chi connectivity index (χ3n) is 11.2. The summed E-state index contributed by atoms with van der Waals surface area (Å²) in [4.78, 5) is 44.1. The Kier molecular flexibility index (Phi) is 11.8. The summed E-state index contributed by atoms with van der Waals surface area (Å²) in [5.41, 5.74) is 0.966. The molecule has 1 aromatic heterocycles. The molecule has 0 saturated heterocycles. The second-order valence-electron chi connectivity index (χ2n) is 22.6. The van der Waals surface area contributed by atoms with Crippen LogP contribution in [0.1, 0.15) is 164 Å². The summed E-state index contributed by atoms with van der Waals surface area (Å²) < 4.78 is 3.45. The number of allylic oxidation sites excluding steroid dienone is 3. The van der Waals surface area contributed by atoms with E-state index >= 15 is 0 Å². The molecule has 0 radical (unpaired) electrons. The number of rotatable bonds is 6. The number of nitrogens with zero attached hydrogens (tertiary/aromatic N) is 3. The Morgan fingerprint density at radius 1 is 0.491 bits per heavy atom. The molecule has 9 heteroatoms. The molecule has 3 aromatic rings. The van der Waals surface area contributed by atoms with E-state index in [0.717, 1.165) is 20.3 Å². The molecule has 1 aliphatic carbocycles. The van der Waals surface area contributed by atoms with E-state index < -0.39 is 44.1 Å². The molecule has 1 unspecified atom stereocenters. The zero-order valence-corrected chi connectivity index (χ0v) is 38.2. The Labute approximate surface area is 340 Å². The molecule has 0 fully saturated rings.